The molecule has 0 spiro atoms. The molecule has 2 unspecified atom stereocenters. The van der Waals surface area contributed by atoms with Crippen molar-refractivity contribution in [3.05, 3.63) is 0 Å². The summed E-state index contributed by atoms with van der Waals surface area (Å²) in [5, 5.41) is 0. The number of unbranched alkanes of at least 4 members (excludes halogenated alkanes) is 2. The molecule has 0 aliphatic heterocycles. The number of amides is 1. The monoisotopic (exact) mass is 355 g/mol. The van der Waals surface area contributed by atoms with Crippen molar-refractivity contribution in [1.82, 2.24) is 4.90 Å². The van der Waals surface area contributed by atoms with Crippen molar-refractivity contribution < 1.29 is 4.79 Å². The third-order valence-corrected chi connectivity index (χ3v) is 5.08. The van der Waals surface area contributed by atoms with Crippen LogP contribution in [0.15, 0.2) is 0 Å². The summed E-state index contributed by atoms with van der Waals surface area (Å²) in [6.45, 7) is 17.5. The summed E-state index contributed by atoms with van der Waals surface area (Å²) >= 11 is 0. The maximum Gasteiger partial charge on any atom is 0.223 e. The van der Waals surface area contributed by atoms with Gasteiger partial charge in [0.15, 0.2) is 0 Å². The predicted octanol–water partition coefficient (Wildman–Crippen LogP) is 7.32. The molecular formula is C23H49NO. The van der Waals surface area contributed by atoms with E-state index in [-0.39, 0.29) is 12.8 Å². The molecule has 0 N–H and O–H groups in total. The molecule has 0 aromatic heterocycles. The van der Waals surface area contributed by atoms with E-state index in [2.05, 4.69) is 53.4 Å². The number of hydrogen-bond donors (Lipinski definition) is 0. The Morgan fingerprint density at radius 2 is 1.24 bits per heavy atom. The van der Waals surface area contributed by atoms with Gasteiger partial charge in [-0.15, -0.1) is 0 Å². The smallest absolute Gasteiger partial charge is 0.223 e. The molecular weight excluding hydrogens is 306 g/mol. The summed E-state index contributed by atoms with van der Waals surface area (Å²) in [5.41, 5.74) is 0.0750. The average Bonchev–Trinajstić information content (AvgIpc) is 2.51. The Kier molecular flexibility index (Phi) is 15.6. The Hall–Kier alpha value is -0.530. The van der Waals surface area contributed by atoms with E-state index in [1.807, 2.05) is 0 Å². The number of nitrogens with zero attached hydrogens (tertiary/aromatic N) is 1. The van der Waals surface area contributed by atoms with Gasteiger partial charge in [-0.05, 0) is 30.1 Å². The molecule has 0 bridgehead atoms. The molecule has 0 rings (SSSR count). The predicted molar refractivity (Wildman–Crippen MR) is 114 cm³/mol. The SMILES string of the molecule is C.CCCCC(CC)CN(CC(CC)CCCC)C(=O)CC(C)(C)C. The molecule has 25 heavy (non-hydrogen) atoms. The van der Waals surface area contributed by atoms with E-state index in [1.54, 1.807) is 0 Å². The van der Waals surface area contributed by atoms with Gasteiger partial charge in [0.05, 0.1) is 0 Å². The topological polar surface area (TPSA) is 20.3 Å². The lowest BCUT2D eigenvalue weighted by molar-refractivity contribution is -0.134. The molecule has 0 fully saturated rings. The van der Waals surface area contributed by atoms with Gasteiger partial charge in [0.25, 0.3) is 0 Å². The highest BCUT2D eigenvalue weighted by Crippen LogP contribution is 2.24. The van der Waals surface area contributed by atoms with Gasteiger partial charge in [0.1, 0.15) is 0 Å². The van der Waals surface area contributed by atoms with Gasteiger partial charge in [0, 0.05) is 19.5 Å². The van der Waals surface area contributed by atoms with E-state index in [0.717, 1.165) is 13.1 Å². The number of carbonyl (C=O) groups excluding carboxylic acids is 1. The average molecular weight is 356 g/mol. The Bertz CT molecular complexity index is 301. The molecule has 1 amide bonds. The number of rotatable bonds is 13. The standard InChI is InChI=1S/C22H45NO.CH4/c1-8-12-14-19(10-3)17-23(21(24)16-22(5,6)7)18-20(11-4)15-13-9-2;/h19-20H,8-18H2,1-7H3;1H4. The quantitative estimate of drug-likeness (QED) is 0.339. The van der Waals surface area contributed by atoms with E-state index in [4.69, 9.17) is 0 Å². The zero-order valence-corrected chi connectivity index (χ0v) is 17.8. The normalized spacial score (nSPS) is 13.9. The first-order valence-electron chi connectivity index (χ1n) is 10.5. The highest BCUT2D eigenvalue weighted by atomic mass is 16.2. The van der Waals surface area contributed by atoms with Crippen molar-refractivity contribution in [1.29, 1.82) is 0 Å². The first-order chi connectivity index (χ1) is 11.3. The largest absolute Gasteiger partial charge is 0.342 e. The molecule has 0 aromatic carbocycles. The molecule has 0 aliphatic rings. The molecule has 2 nitrogen and oxygen atoms in total. The molecule has 0 saturated heterocycles. The van der Waals surface area contributed by atoms with Crippen LogP contribution in [0.25, 0.3) is 0 Å². The molecule has 0 saturated carbocycles. The van der Waals surface area contributed by atoms with Crippen LogP contribution < -0.4 is 0 Å². The molecule has 152 valence electrons. The zero-order valence-electron chi connectivity index (χ0n) is 17.8. The van der Waals surface area contributed by atoms with Crippen LogP contribution in [-0.2, 0) is 4.79 Å². The minimum absolute atomic E-state index is 0. The van der Waals surface area contributed by atoms with Crippen molar-refractivity contribution >= 4 is 5.91 Å². The van der Waals surface area contributed by atoms with Crippen LogP contribution in [0.1, 0.15) is 114 Å². The Labute approximate surface area is 160 Å². The van der Waals surface area contributed by atoms with E-state index >= 15 is 0 Å². The summed E-state index contributed by atoms with van der Waals surface area (Å²) in [6.07, 6.45) is 10.6. The van der Waals surface area contributed by atoms with Crippen LogP contribution >= 0.6 is 0 Å². The Morgan fingerprint density at radius 1 is 0.840 bits per heavy atom. The second-order valence-corrected chi connectivity index (χ2v) is 8.87. The third kappa shape index (κ3) is 13.3. The number of hydrogen-bond acceptors (Lipinski definition) is 1. The van der Waals surface area contributed by atoms with Crippen molar-refractivity contribution in [3.63, 3.8) is 0 Å². The van der Waals surface area contributed by atoms with Gasteiger partial charge in [-0.1, -0.05) is 94.4 Å². The Morgan fingerprint density at radius 3 is 1.52 bits per heavy atom. The first kappa shape index (κ1) is 26.7. The van der Waals surface area contributed by atoms with Gasteiger partial charge < -0.3 is 4.90 Å². The van der Waals surface area contributed by atoms with Gasteiger partial charge >= 0.3 is 0 Å². The van der Waals surface area contributed by atoms with Gasteiger partial charge in [-0.2, -0.15) is 0 Å². The highest BCUT2D eigenvalue weighted by Gasteiger charge is 2.25. The maximum atomic E-state index is 12.9. The summed E-state index contributed by atoms with van der Waals surface area (Å²) in [7, 11) is 0. The Balaban J connectivity index is 0. The van der Waals surface area contributed by atoms with Crippen LogP contribution in [0.2, 0.25) is 0 Å². The summed E-state index contributed by atoms with van der Waals surface area (Å²) in [5.74, 6) is 1.70. The molecule has 2 heteroatoms. The summed E-state index contributed by atoms with van der Waals surface area (Å²) < 4.78 is 0. The highest BCUT2D eigenvalue weighted by molar-refractivity contribution is 5.76. The maximum absolute atomic E-state index is 12.9. The van der Waals surface area contributed by atoms with Crippen molar-refractivity contribution in [2.45, 2.75) is 114 Å². The minimum Gasteiger partial charge on any atom is -0.342 e. The van der Waals surface area contributed by atoms with Crippen molar-refractivity contribution in [2.24, 2.45) is 17.3 Å². The van der Waals surface area contributed by atoms with E-state index in [9.17, 15) is 4.79 Å². The lowest BCUT2D eigenvalue weighted by atomic mass is 9.90. The molecule has 0 aliphatic carbocycles. The second-order valence-electron chi connectivity index (χ2n) is 8.87. The van der Waals surface area contributed by atoms with Crippen LogP contribution in [0.4, 0.5) is 0 Å². The van der Waals surface area contributed by atoms with Crippen molar-refractivity contribution in [2.75, 3.05) is 13.1 Å². The fourth-order valence-electron chi connectivity index (χ4n) is 3.30. The fourth-order valence-corrected chi connectivity index (χ4v) is 3.30. The minimum atomic E-state index is 0. The molecule has 0 radical (unpaired) electrons. The van der Waals surface area contributed by atoms with E-state index in [1.165, 1.54) is 51.4 Å². The fraction of sp³-hybridized carbons (Fsp3) is 0.957. The van der Waals surface area contributed by atoms with Crippen molar-refractivity contribution in [3.8, 4) is 0 Å². The van der Waals surface area contributed by atoms with Gasteiger partial charge in [0.2, 0.25) is 5.91 Å². The molecule has 0 heterocycles. The molecule has 2 atom stereocenters. The van der Waals surface area contributed by atoms with Crippen LogP contribution in [0.5, 0.6) is 0 Å². The van der Waals surface area contributed by atoms with Crippen LogP contribution in [0.3, 0.4) is 0 Å². The van der Waals surface area contributed by atoms with Crippen LogP contribution in [0, 0.1) is 17.3 Å². The van der Waals surface area contributed by atoms with Gasteiger partial charge in [-0.25, -0.2) is 0 Å². The van der Waals surface area contributed by atoms with Crippen LogP contribution in [-0.4, -0.2) is 23.9 Å². The lowest BCUT2D eigenvalue weighted by Crippen LogP contribution is -2.40. The van der Waals surface area contributed by atoms with E-state index in [0.29, 0.717) is 24.2 Å². The lowest BCUT2D eigenvalue weighted by Gasteiger charge is -2.32. The number of carbonyl (C=O) groups is 1. The first-order valence-corrected chi connectivity index (χ1v) is 10.5. The molecule has 0 aromatic rings. The van der Waals surface area contributed by atoms with E-state index < -0.39 is 0 Å². The van der Waals surface area contributed by atoms with Gasteiger partial charge in [-0.3, -0.25) is 4.79 Å². The summed E-state index contributed by atoms with van der Waals surface area (Å²) in [4.78, 5) is 15.2. The second kappa shape index (κ2) is 14.6. The summed E-state index contributed by atoms with van der Waals surface area (Å²) in [6, 6.07) is 0. The third-order valence-electron chi connectivity index (χ3n) is 5.08. The zero-order chi connectivity index (χ0) is 18.6.